The summed E-state index contributed by atoms with van der Waals surface area (Å²) in [6, 6.07) is 0.670. The predicted octanol–water partition coefficient (Wildman–Crippen LogP) is 4.05. The van der Waals surface area contributed by atoms with Crippen molar-refractivity contribution in [3.05, 3.63) is 11.6 Å². The van der Waals surface area contributed by atoms with Gasteiger partial charge in [-0.05, 0) is 18.9 Å². The van der Waals surface area contributed by atoms with Crippen LogP contribution in [0.5, 0.6) is 0 Å². The molecular formula is C18H30N4O3S. The molecule has 0 radical (unpaired) electrons. The fourth-order valence-electron chi connectivity index (χ4n) is 2.78. The van der Waals surface area contributed by atoms with Crippen molar-refractivity contribution in [1.29, 1.82) is 0 Å². The van der Waals surface area contributed by atoms with Crippen LogP contribution in [0.4, 0.5) is 14.8 Å². The van der Waals surface area contributed by atoms with Crippen LogP contribution in [0, 0.1) is 5.92 Å². The molecule has 0 atom stereocenters. The normalized spacial score (nSPS) is 14.1. The van der Waals surface area contributed by atoms with Crippen molar-refractivity contribution in [2.75, 3.05) is 10.6 Å². The van der Waals surface area contributed by atoms with E-state index < -0.39 is 11.9 Å². The maximum Gasteiger partial charge on any atom is 0.317 e. The second-order valence-corrected chi connectivity index (χ2v) is 7.44. The summed E-state index contributed by atoms with van der Waals surface area (Å²) < 4.78 is 0. The van der Waals surface area contributed by atoms with Crippen molar-refractivity contribution in [3.63, 3.8) is 0 Å². The summed E-state index contributed by atoms with van der Waals surface area (Å²) in [5, 5.41) is 5.83. The summed E-state index contributed by atoms with van der Waals surface area (Å²) >= 11 is 1.06. The largest absolute Gasteiger partial charge is 0.366 e. The van der Waals surface area contributed by atoms with Gasteiger partial charge in [0.05, 0.1) is 10.6 Å². The van der Waals surface area contributed by atoms with E-state index in [1.165, 1.54) is 31.7 Å². The van der Waals surface area contributed by atoms with Crippen molar-refractivity contribution >= 4 is 39.2 Å². The van der Waals surface area contributed by atoms with Gasteiger partial charge < -0.3 is 16.8 Å². The molecule has 8 heteroatoms. The Kier molecular flexibility index (Phi) is 9.72. The Morgan fingerprint density at radius 1 is 1.08 bits per heavy atom. The fraction of sp³-hybridized carbons (Fsp3) is 0.611. The quantitative estimate of drug-likeness (QED) is 0.592. The van der Waals surface area contributed by atoms with E-state index in [0.717, 1.165) is 37.0 Å². The molecular weight excluding hydrogens is 352 g/mol. The first-order valence-corrected chi connectivity index (χ1v) is 10.0. The summed E-state index contributed by atoms with van der Waals surface area (Å²) in [5.74, 6) is -0.740. The highest BCUT2D eigenvalue weighted by Crippen LogP contribution is 2.33. The Morgan fingerprint density at radius 2 is 1.69 bits per heavy atom. The van der Waals surface area contributed by atoms with Crippen molar-refractivity contribution in [3.8, 4) is 0 Å². The standard InChI is InChI=1S/C13H18N4O3S.C5H12/c14-10(18)8-6-9(21-12(8)17-13(15)20)16-11(19)7-4-2-1-3-5-7;1-3-5-4-2/h6-7H,1-5H2,(H2,14,18)(H,16,19)(H3,15,17,20);3-5H2,1-2H3. The van der Waals surface area contributed by atoms with Crippen molar-refractivity contribution in [1.82, 2.24) is 0 Å². The van der Waals surface area contributed by atoms with Crippen LogP contribution in [-0.2, 0) is 4.79 Å². The monoisotopic (exact) mass is 382 g/mol. The van der Waals surface area contributed by atoms with E-state index in [9.17, 15) is 14.4 Å². The average Bonchev–Trinajstić information content (AvgIpc) is 2.98. The summed E-state index contributed by atoms with van der Waals surface area (Å²) in [5.41, 5.74) is 10.4. The van der Waals surface area contributed by atoms with Gasteiger partial charge in [0.1, 0.15) is 5.00 Å². The zero-order valence-electron chi connectivity index (χ0n) is 15.6. The van der Waals surface area contributed by atoms with Gasteiger partial charge in [0.2, 0.25) is 5.91 Å². The molecule has 1 fully saturated rings. The van der Waals surface area contributed by atoms with Gasteiger partial charge in [-0.1, -0.05) is 63.7 Å². The number of hydrogen-bond acceptors (Lipinski definition) is 4. The molecule has 0 aliphatic heterocycles. The molecule has 1 heterocycles. The SMILES string of the molecule is CCCCC.NC(=O)Nc1sc(NC(=O)C2CCCCC2)cc1C(N)=O. The number of anilines is 2. The van der Waals surface area contributed by atoms with Gasteiger partial charge in [0, 0.05) is 5.92 Å². The summed E-state index contributed by atoms with van der Waals surface area (Å²) in [4.78, 5) is 34.4. The number of unbranched alkanes of at least 4 members (excludes halogenated alkanes) is 2. The topological polar surface area (TPSA) is 127 Å². The van der Waals surface area contributed by atoms with Crippen LogP contribution in [0.15, 0.2) is 6.07 Å². The summed E-state index contributed by atoms with van der Waals surface area (Å²) in [6.07, 6.45) is 9.12. The number of urea groups is 1. The van der Waals surface area contributed by atoms with Crippen LogP contribution < -0.4 is 22.1 Å². The number of nitrogens with one attached hydrogen (secondary N) is 2. The maximum atomic E-state index is 12.1. The number of carbonyl (C=O) groups excluding carboxylic acids is 3. The number of thiophene rings is 1. The Labute approximate surface area is 158 Å². The molecule has 0 aromatic carbocycles. The number of nitrogens with two attached hydrogens (primary N) is 2. The Bertz CT molecular complexity index is 608. The fourth-order valence-corrected chi connectivity index (χ4v) is 3.75. The minimum absolute atomic E-state index is 0.00503. The molecule has 26 heavy (non-hydrogen) atoms. The first-order chi connectivity index (χ1) is 12.4. The molecule has 1 aromatic heterocycles. The lowest BCUT2D eigenvalue weighted by Crippen LogP contribution is -2.24. The zero-order valence-corrected chi connectivity index (χ0v) is 16.4. The van der Waals surface area contributed by atoms with E-state index in [2.05, 4.69) is 24.5 Å². The molecule has 146 valence electrons. The average molecular weight is 383 g/mol. The number of carbonyl (C=O) groups is 3. The molecule has 1 aliphatic rings. The lowest BCUT2D eigenvalue weighted by Gasteiger charge is -2.20. The third kappa shape index (κ3) is 7.43. The Hall–Kier alpha value is -2.09. The molecule has 6 N–H and O–H groups in total. The second-order valence-electron chi connectivity index (χ2n) is 6.38. The zero-order chi connectivity index (χ0) is 19.5. The van der Waals surface area contributed by atoms with Gasteiger partial charge >= 0.3 is 6.03 Å². The summed E-state index contributed by atoms with van der Waals surface area (Å²) in [6.45, 7) is 4.42. The highest BCUT2D eigenvalue weighted by Gasteiger charge is 2.23. The van der Waals surface area contributed by atoms with Crippen LogP contribution in [0.25, 0.3) is 0 Å². The molecule has 0 saturated heterocycles. The number of rotatable bonds is 6. The van der Waals surface area contributed by atoms with E-state index in [-0.39, 0.29) is 22.4 Å². The van der Waals surface area contributed by atoms with Gasteiger partial charge in [-0.3, -0.25) is 14.9 Å². The van der Waals surface area contributed by atoms with Gasteiger partial charge in [-0.2, -0.15) is 0 Å². The van der Waals surface area contributed by atoms with Crippen molar-refractivity contribution < 1.29 is 14.4 Å². The molecule has 0 spiro atoms. The first-order valence-electron chi connectivity index (χ1n) is 9.19. The number of amides is 4. The minimum atomic E-state index is -0.787. The molecule has 2 rings (SSSR count). The van der Waals surface area contributed by atoms with Gasteiger partial charge in [-0.25, -0.2) is 4.79 Å². The van der Waals surface area contributed by atoms with E-state index in [1.54, 1.807) is 0 Å². The minimum Gasteiger partial charge on any atom is -0.366 e. The van der Waals surface area contributed by atoms with E-state index in [0.29, 0.717) is 5.00 Å². The van der Waals surface area contributed by atoms with Gasteiger partial charge in [0.25, 0.3) is 5.91 Å². The predicted molar refractivity (Wildman–Crippen MR) is 106 cm³/mol. The first kappa shape index (κ1) is 22.0. The van der Waals surface area contributed by atoms with Crippen molar-refractivity contribution in [2.24, 2.45) is 17.4 Å². The van der Waals surface area contributed by atoms with E-state index in [1.807, 2.05) is 0 Å². The van der Waals surface area contributed by atoms with Crippen molar-refractivity contribution in [2.45, 2.75) is 65.2 Å². The molecule has 0 unspecified atom stereocenters. The lowest BCUT2D eigenvalue weighted by molar-refractivity contribution is -0.120. The van der Waals surface area contributed by atoms with Gasteiger partial charge in [-0.15, -0.1) is 0 Å². The number of hydrogen-bond donors (Lipinski definition) is 4. The number of primary amides is 2. The molecule has 0 bridgehead atoms. The lowest BCUT2D eigenvalue weighted by atomic mass is 9.89. The molecule has 4 amide bonds. The van der Waals surface area contributed by atoms with Crippen LogP contribution in [0.3, 0.4) is 0 Å². The smallest absolute Gasteiger partial charge is 0.317 e. The van der Waals surface area contributed by atoms with E-state index >= 15 is 0 Å². The van der Waals surface area contributed by atoms with Crippen LogP contribution in [0.2, 0.25) is 0 Å². The third-order valence-corrected chi connectivity index (χ3v) is 5.13. The van der Waals surface area contributed by atoms with Crippen LogP contribution in [-0.4, -0.2) is 17.8 Å². The maximum absolute atomic E-state index is 12.1. The molecule has 1 aliphatic carbocycles. The van der Waals surface area contributed by atoms with Crippen LogP contribution in [0.1, 0.15) is 75.6 Å². The third-order valence-electron chi connectivity index (χ3n) is 4.16. The summed E-state index contributed by atoms with van der Waals surface area (Å²) in [7, 11) is 0. The highest BCUT2D eigenvalue weighted by molar-refractivity contribution is 7.20. The van der Waals surface area contributed by atoms with Crippen LogP contribution >= 0.6 is 11.3 Å². The van der Waals surface area contributed by atoms with Gasteiger partial charge in [0.15, 0.2) is 0 Å². The Balaban J connectivity index is 0.000000597. The molecule has 1 aromatic rings. The highest BCUT2D eigenvalue weighted by atomic mass is 32.1. The van der Waals surface area contributed by atoms with E-state index in [4.69, 9.17) is 11.5 Å². The Morgan fingerprint density at radius 3 is 2.15 bits per heavy atom. The second kappa shape index (κ2) is 11.5. The molecule has 7 nitrogen and oxygen atoms in total. The molecule has 1 saturated carbocycles.